The molecule has 1 aliphatic carbocycles. The topological polar surface area (TPSA) is 54.0 Å². The molecule has 0 aliphatic heterocycles. The van der Waals surface area contributed by atoms with Crippen molar-refractivity contribution in [2.45, 2.75) is 12.8 Å². The van der Waals surface area contributed by atoms with Crippen molar-refractivity contribution in [2.24, 2.45) is 0 Å². The summed E-state index contributed by atoms with van der Waals surface area (Å²) in [6.45, 7) is 4.71. The minimum absolute atomic E-state index is 0.205. The Labute approximate surface area is 159 Å². The van der Waals surface area contributed by atoms with Gasteiger partial charge in [-0.25, -0.2) is 4.79 Å². The van der Waals surface area contributed by atoms with E-state index in [1.165, 1.54) is 11.1 Å². The van der Waals surface area contributed by atoms with E-state index in [-0.39, 0.29) is 6.61 Å². The van der Waals surface area contributed by atoms with Crippen LogP contribution in [0.15, 0.2) is 49.1 Å². The van der Waals surface area contributed by atoms with Crippen LogP contribution in [0.4, 0.5) is 0 Å². The molecule has 0 aromatic heterocycles. The molecule has 1 aliphatic rings. The van der Waals surface area contributed by atoms with Crippen molar-refractivity contribution in [3.05, 3.63) is 60.2 Å². The maximum Gasteiger partial charge on any atom is 0.330 e. The third-order valence-corrected chi connectivity index (χ3v) is 4.46. The van der Waals surface area contributed by atoms with Crippen LogP contribution in [0.5, 0.6) is 11.5 Å². The van der Waals surface area contributed by atoms with Crippen LogP contribution < -0.4 is 9.47 Å². The van der Waals surface area contributed by atoms with Crippen molar-refractivity contribution < 1.29 is 23.7 Å². The number of ether oxygens (including phenoxy) is 4. The zero-order chi connectivity index (χ0) is 19.1. The van der Waals surface area contributed by atoms with Gasteiger partial charge in [0.2, 0.25) is 0 Å². The van der Waals surface area contributed by atoms with Gasteiger partial charge in [-0.3, -0.25) is 0 Å². The lowest BCUT2D eigenvalue weighted by atomic mass is 9.90. The Morgan fingerprint density at radius 3 is 2.30 bits per heavy atom. The standard InChI is InChI=1S/C22H24O5/c1-3-20(23)26-14-12-25-13-15-27-22-18-10-6-4-8-16(18)21(24-2)17-9-5-7-11-19(17)22/h3-8,10H,1,9,11-15H2,2H3. The molecule has 142 valence electrons. The van der Waals surface area contributed by atoms with Gasteiger partial charge in [0, 0.05) is 28.0 Å². The van der Waals surface area contributed by atoms with Crippen LogP contribution in [0.25, 0.3) is 10.8 Å². The SMILES string of the molecule is C=CC(=O)OCCOCCOc1c2c(c(OC)c3ccccc13)CC=CC2. The first-order chi connectivity index (χ1) is 13.3. The van der Waals surface area contributed by atoms with Gasteiger partial charge in [-0.2, -0.15) is 0 Å². The lowest BCUT2D eigenvalue weighted by molar-refractivity contribution is -0.139. The number of hydrogen-bond donors (Lipinski definition) is 0. The minimum Gasteiger partial charge on any atom is -0.496 e. The molecule has 0 fully saturated rings. The fourth-order valence-electron chi connectivity index (χ4n) is 3.28. The van der Waals surface area contributed by atoms with Crippen molar-refractivity contribution in [1.82, 2.24) is 0 Å². The molecule has 0 radical (unpaired) electrons. The Kier molecular flexibility index (Phi) is 6.49. The number of fused-ring (bicyclic) bond motifs is 2. The fraction of sp³-hybridized carbons (Fsp3) is 0.318. The van der Waals surface area contributed by atoms with Crippen molar-refractivity contribution in [3.63, 3.8) is 0 Å². The molecule has 0 heterocycles. The number of benzene rings is 2. The second kappa shape index (κ2) is 9.24. The fourth-order valence-corrected chi connectivity index (χ4v) is 3.28. The van der Waals surface area contributed by atoms with E-state index in [0.717, 1.165) is 41.2 Å². The van der Waals surface area contributed by atoms with Gasteiger partial charge in [-0.1, -0.05) is 43.0 Å². The number of hydrogen-bond acceptors (Lipinski definition) is 5. The molecule has 2 aromatic carbocycles. The van der Waals surface area contributed by atoms with Crippen LogP contribution in [0, 0.1) is 0 Å². The number of methoxy groups -OCH3 is 1. The highest BCUT2D eigenvalue weighted by Crippen LogP contribution is 2.42. The molecule has 5 heteroatoms. The number of carbonyl (C=O) groups is 1. The van der Waals surface area contributed by atoms with Crippen molar-refractivity contribution in [2.75, 3.05) is 33.5 Å². The number of rotatable bonds is 9. The molecule has 0 bridgehead atoms. The van der Waals surface area contributed by atoms with E-state index in [2.05, 4.69) is 30.9 Å². The highest BCUT2D eigenvalue weighted by atomic mass is 16.6. The van der Waals surface area contributed by atoms with Crippen molar-refractivity contribution >= 4 is 16.7 Å². The van der Waals surface area contributed by atoms with E-state index in [1.807, 2.05) is 12.1 Å². The third kappa shape index (κ3) is 4.31. The number of esters is 1. The van der Waals surface area contributed by atoms with Gasteiger partial charge in [-0.15, -0.1) is 0 Å². The predicted octanol–water partition coefficient (Wildman–Crippen LogP) is 3.63. The first-order valence-corrected chi connectivity index (χ1v) is 9.01. The molecule has 2 aromatic rings. The van der Waals surface area contributed by atoms with E-state index in [9.17, 15) is 4.79 Å². The second-order valence-electron chi connectivity index (χ2n) is 6.08. The highest BCUT2D eigenvalue weighted by Gasteiger charge is 2.21. The Bertz CT molecular complexity index is 853. The second-order valence-corrected chi connectivity index (χ2v) is 6.08. The van der Waals surface area contributed by atoms with Gasteiger partial charge in [0.15, 0.2) is 0 Å². The molecule has 3 rings (SSSR count). The van der Waals surface area contributed by atoms with Crippen LogP contribution in [0.2, 0.25) is 0 Å². The molecular weight excluding hydrogens is 344 g/mol. The summed E-state index contributed by atoms with van der Waals surface area (Å²) in [5.41, 5.74) is 2.36. The lowest BCUT2D eigenvalue weighted by Crippen LogP contribution is -2.14. The van der Waals surface area contributed by atoms with E-state index in [0.29, 0.717) is 19.8 Å². The summed E-state index contributed by atoms with van der Waals surface area (Å²) in [6, 6.07) is 8.13. The van der Waals surface area contributed by atoms with Gasteiger partial charge in [0.1, 0.15) is 24.7 Å². The van der Waals surface area contributed by atoms with Crippen LogP contribution in [0.1, 0.15) is 11.1 Å². The van der Waals surface area contributed by atoms with Crippen LogP contribution in [-0.4, -0.2) is 39.5 Å². The summed E-state index contributed by atoms with van der Waals surface area (Å²) in [5.74, 6) is 1.38. The largest absolute Gasteiger partial charge is 0.496 e. The van der Waals surface area contributed by atoms with Gasteiger partial charge in [0.25, 0.3) is 0 Å². The third-order valence-electron chi connectivity index (χ3n) is 4.46. The average Bonchev–Trinajstić information content (AvgIpc) is 2.72. The van der Waals surface area contributed by atoms with E-state index in [1.54, 1.807) is 7.11 Å². The Hall–Kier alpha value is -2.79. The Morgan fingerprint density at radius 2 is 1.63 bits per heavy atom. The predicted molar refractivity (Wildman–Crippen MR) is 105 cm³/mol. The van der Waals surface area contributed by atoms with Gasteiger partial charge in [0.05, 0.1) is 20.3 Å². The zero-order valence-electron chi connectivity index (χ0n) is 15.5. The average molecular weight is 368 g/mol. The molecule has 0 saturated carbocycles. The molecular formula is C22H24O5. The quantitative estimate of drug-likeness (QED) is 0.293. The normalized spacial score (nSPS) is 12.5. The molecule has 27 heavy (non-hydrogen) atoms. The smallest absolute Gasteiger partial charge is 0.330 e. The summed E-state index contributed by atoms with van der Waals surface area (Å²) in [6.07, 6.45) is 7.12. The summed E-state index contributed by atoms with van der Waals surface area (Å²) < 4.78 is 22.2. The van der Waals surface area contributed by atoms with Crippen LogP contribution in [-0.2, 0) is 27.1 Å². The molecule has 0 spiro atoms. The van der Waals surface area contributed by atoms with E-state index in [4.69, 9.17) is 18.9 Å². The van der Waals surface area contributed by atoms with Gasteiger partial charge < -0.3 is 18.9 Å². The zero-order valence-corrected chi connectivity index (χ0v) is 15.5. The maximum absolute atomic E-state index is 11.0. The molecule has 0 N–H and O–H groups in total. The number of carbonyl (C=O) groups excluding carboxylic acids is 1. The molecule has 0 saturated heterocycles. The van der Waals surface area contributed by atoms with Crippen LogP contribution >= 0.6 is 0 Å². The molecule has 0 atom stereocenters. The van der Waals surface area contributed by atoms with E-state index < -0.39 is 5.97 Å². The summed E-state index contributed by atoms with van der Waals surface area (Å²) >= 11 is 0. The monoisotopic (exact) mass is 368 g/mol. The van der Waals surface area contributed by atoms with Gasteiger partial charge in [-0.05, 0) is 12.8 Å². The summed E-state index contributed by atoms with van der Waals surface area (Å²) in [7, 11) is 1.72. The van der Waals surface area contributed by atoms with Crippen LogP contribution in [0.3, 0.4) is 0 Å². The molecule has 5 nitrogen and oxygen atoms in total. The Morgan fingerprint density at radius 1 is 1.00 bits per heavy atom. The van der Waals surface area contributed by atoms with Crippen molar-refractivity contribution in [1.29, 1.82) is 0 Å². The Balaban J connectivity index is 1.69. The minimum atomic E-state index is -0.445. The van der Waals surface area contributed by atoms with E-state index >= 15 is 0 Å². The van der Waals surface area contributed by atoms with Crippen molar-refractivity contribution in [3.8, 4) is 11.5 Å². The highest BCUT2D eigenvalue weighted by molar-refractivity contribution is 5.96. The molecule has 0 amide bonds. The first kappa shape index (κ1) is 19.0. The first-order valence-electron chi connectivity index (χ1n) is 9.01. The van der Waals surface area contributed by atoms with Gasteiger partial charge >= 0.3 is 5.97 Å². The molecule has 0 unspecified atom stereocenters. The summed E-state index contributed by atoms with van der Waals surface area (Å²) in [5, 5.41) is 2.10. The summed E-state index contributed by atoms with van der Waals surface area (Å²) in [4.78, 5) is 11.0. The number of allylic oxidation sites excluding steroid dienone is 2. The maximum atomic E-state index is 11.0. The lowest BCUT2D eigenvalue weighted by Gasteiger charge is -2.22.